The molecule has 2 saturated heterocycles. The lowest BCUT2D eigenvalue weighted by atomic mass is 9.49. The minimum atomic E-state index is -0.429. The van der Waals surface area contributed by atoms with Crippen molar-refractivity contribution in [1.82, 2.24) is 9.80 Å². The van der Waals surface area contributed by atoms with Gasteiger partial charge in [-0.3, -0.25) is 29.0 Å². The number of carbonyl (C=O) groups excluding carboxylic acids is 4. The molecule has 6 heteroatoms. The maximum Gasteiger partial charge on any atom is 0.234 e. The van der Waals surface area contributed by atoms with Crippen LogP contribution in [-0.4, -0.2) is 45.5 Å². The summed E-state index contributed by atoms with van der Waals surface area (Å²) < 4.78 is 0. The molecule has 7 atom stereocenters. The molecule has 1 aromatic rings. The van der Waals surface area contributed by atoms with Crippen LogP contribution in [0.15, 0.2) is 48.1 Å². The van der Waals surface area contributed by atoms with Gasteiger partial charge in [0.2, 0.25) is 23.6 Å². The van der Waals surface area contributed by atoms with E-state index in [9.17, 15) is 19.2 Å². The second-order valence-corrected chi connectivity index (χ2v) is 13.4. The normalized spacial score (nSPS) is 37.9. The van der Waals surface area contributed by atoms with Gasteiger partial charge in [-0.2, -0.15) is 0 Å². The molecule has 4 amide bonds. The predicted molar refractivity (Wildman–Crippen MR) is 149 cm³/mol. The average molecular weight is 539 g/mol. The predicted octanol–water partition coefficient (Wildman–Crippen LogP) is 5.14. The molecule has 40 heavy (non-hydrogen) atoms. The van der Waals surface area contributed by atoms with Gasteiger partial charge in [0.05, 0.1) is 23.7 Å². The molecule has 8 aliphatic rings. The lowest BCUT2D eigenvalue weighted by Crippen LogP contribution is -2.51. The first-order valence-electron chi connectivity index (χ1n) is 15.8. The van der Waals surface area contributed by atoms with Crippen molar-refractivity contribution in [2.75, 3.05) is 0 Å². The first kappa shape index (κ1) is 24.8. The third-order valence-corrected chi connectivity index (χ3v) is 11.6. The van der Waals surface area contributed by atoms with Gasteiger partial charge in [-0.05, 0) is 49.2 Å². The van der Waals surface area contributed by atoms with Crippen LogP contribution in [0.5, 0.6) is 0 Å². The van der Waals surface area contributed by atoms with Gasteiger partial charge in [0, 0.05) is 23.9 Å². The fraction of sp³-hybridized carbons (Fsp3) is 0.588. The van der Waals surface area contributed by atoms with E-state index in [1.54, 1.807) is 9.80 Å². The monoisotopic (exact) mass is 538 g/mol. The van der Waals surface area contributed by atoms with Crippen LogP contribution in [0, 0.1) is 41.4 Å². The SMILES string of the molecule is O=C1[C@@H]2[C@H]3C=C[C@H](C4=C(c5ccccc5)C[C@H]5C(=O)N(C6CCCCC6)C(=O)[C@@H]5[C@H]43)[C@H]2C(=O)N1C1CCCCC1. The number of carbonyl (C=O) groups is 4. The molecule has 3 saturated carbocycles. The van der Waals surface area contributed by atoms with Crippen LogP contribution in [0.1, 0.15) is 76.2 Å². The topological polar surface area (TPSA) is 74.8 Å². The highest BCUT2D eigenvalue weighted by atomic mass is 16.2. The van der Waals surface area contributed by atoms with Gasteiger partial charge in [0.1, 0.15) is 0 Å². The summed E-state index contributed by atoms with van der Waals surface area (Å²) in [5.41, 5.74) is 3.38. The summed E-state index contributed by atoms with van der Waals surface area (Å²) in [4.78, 5) is 59.8. The number of amides is 4. The molecule has 0 radical (unpaired) electrons. The average Bonchev–Trinajstić information content (AvgIpc) is 3.43. The van der Waals surface area contributed by atoms with Crippen molar-refractivity contribution in [3.63, 3.8) is 0 Å². The highest BCUT2D eigenvalue weighted by Gasteiger charge is 2.67. The zero-order chi connectivity index (χ0) is 27.1. The van der Waals surface area contributed by atoms with E-state index in [1.807, 2.05) is 18.2 Å². The Balaban J connectivity index is 1.24. The molecule has 9 rings (SSSR count). The molecule has 208 valence electrons. The first-order chi connectivity index (χ1) is 19.6. The number of nitrogens with zero attached hydrogens (tertiary/aromatic N) is 2. The summed E-state index contributed by atoms with van der Waals surface area (Å²) in [6, 6.07) is 10.2. The van der Waals surface area contributed by atoms with Crippen molar-refractivity contribution in [3.8, 4) is 0 Å². The van der Waals surface area contributed by atoms with Crippen molar-refractivity contribution in [1.29, 1.82) is 0 Å². The molecule has 0 spiro atoms. The van der Waals surface area contributed by atoms with Crippen molar-refractivity contribution in [2.45, 2.75) is 82.7 Å². The maximum absolute atomic E-state index is 14.3. The van der Waals surface area contributed by atoms with Crippen molar-refractivity contribution in [3.05, 3.63) is 53.6 Å². The lowest BCUT2D eigenvalue weighted by Gasteiger charge is -2.51. The quantitative estimate of drug-likeness (QED) is 0.394. The van der Waals surface area contributed by atoms with E-state index in [-0.39, 0.29) is 65.3 Å². The summed E-state index contributed by atoms with van der Waals surface area (Å²) in [5, 5.41) is 0. The van der Waals surface area contributed by atoms with Gasteiger partial charge in [-0.15, -0.1) is 0 Å². The van der Waals surface area contributed by atoms with Crippen molar-refractivity contribution >= 4 is 29.2 Å². The summed E-state index contributed by atoms with van der Waals surface area (Å²) in [7, 11) is 0. The highest BCUT2D eigenvalue weighted by Crippen LogP contribution is 2.63. The summed E-state index contributed by atoms with van der Waals surface area (Å²) in [5.74, 6) is -2.26. The van der Waals surface area contributed by atoms with Gasteiger partial charge < -0.3 is 0 Å². The Morgan fingerprint density at radius 3 is 1.80 bits per heavy atom. The van der Waals surface area contributed by atoms with Gasteiger partial charge in [0.25, 0.3) is 0 Å². The van der Waals surface area contributed by atoms with E-state index < -0.39 is 11.8 Å². The van der Waals surface area contributed by atoms with Crippen LogP contribution < -0.4 is 0 Å². The van der Waals surface area contributed by atoms with Gasteiger partial charge in [-0.25, -0.2) is 0 Å². The number of benzene rings is 1. The standard InChI is InChI=1S/C34H38N2O4/c37-31-25-18-24(19-10-4-1-5-11-19)26-22-16-17-23(27(26)30(25)34(40)35(31)20-12-6-2-7-13-20)29-28(22)32(38)36(33(29)39)21-14-8-3-9-15-21/h1,4-5,10-11,16-17,20-23,25,27-30H,2-3,6-9,12-15,18H2/t22-,23+,25-,27+,28-,29-,30+/m1/s1. The number of likely N-dealkylation sites (tertiary alicyclic amines) is 2. The Kier molecular flexibility index (Phi) is 5.72. The van der Waals surface area contributed by atoms with E-state index in [2.05, 4.69) is 24.3 Å². The highest BCUT2D eigenvalue weighted by molar-refractivity contribution is 6.09. The van der Waals surface area contributed by atoms with Gasteiger partial charge in [0.15, 0.2) is 0 Å². The smallest absolute Gasteiger partial charge is 0.234 e. The van der Waals surface area contributed by atoms with Crippen LogP contribution in [0.2, 0.25) is 0 Å². The number of rotatable bonds is 3. The maximum atomic E-state index is 14.3. The first-order valence-corrected chi connectivity index (χ1v) is 15.8. The summed E-state index contributed by atoms with van der Waals surface area (Å²) in [6.07, 6.45) is 15.0. The number of hydrogen-bond donors (Lipinski definition) is 0. The van der Waals surface area contributed by atoms with Gasteiger partial charge >= 0.3 is 0 Å². The van der Waals surface area contributed by atoms with Gasteiger partial charge in [-0.1, -0.05) is 86.6 Å². The van der Waals surface area contributed by atoms with E-state index in [0.29, 0.717) is 6.42 Å². The number of imide groups is 2. The molecular weight excluding hydrogens is 500 g/mol. The molecule has 0 N–H and O–H groups in total. The Hall–Kier alpha value is -3.02. The van der Waals surface area contributed by atoms with Crippen LogP contribution in [0.4, 0.5) is 0 Å². The minimum Gasteiger partial charge on any atom is -0.279 e. The molecule has 2 heterocycles. The largest absolute Gasteiger partial charge is 0.279 e. The van der Waals surface area contributed by atoms with Crippen LogP contribution in [-0.2, 0) is 19.2 Å². The fourth-order valence-corrected chi connectivity index (χ4v) is 9.96. The zero-order valence-corrected chi connectivity index (χ0v) is 23.0. The zero-order valence-electron chi connectivity index (χ0n) is 23.0. The van der Waals surface area contributed by atoms with E-state index in [4.69, 9.17) is 0 Å². The molecular formula is C34H38N2O4. The summed E-state index contributed by atoms with van der Waals surface area (Å²) >= 11 is 0. The van der Waals surface area contributed by atoms with E-state index in [1.165, 1.54) is 12.0 Å². The second-order valence-electron chi connectivity index (χ2n) is 13.4. The van der Waals surface area contributed by atoms with E-state index >= 15 is 0 Å². The Bertz CT molecular complexity index is 1330. The Morgan fingerprint density at radius 1 is 0.575 bits per heavy atom. The molecule has 6 nitrogen and oxygen atoms in total. The van der Waals surface area contributed by atoms with Crippen LogP contribution in [0.3, 0.4) is 0 Å². The lowest BCUT2D eigenvalue weighted by molar-refractivity contribution is -0.145. The van der Waals surface area contributed by atoms with E-state index in [0.717, 1.165) is 68.9 Å². The molecule has 2 bridgehead atoms. The molecule has 2 aliphatic heterocycles. The Morgan fingerprint density at radius 2 is 1.15 bits per heavy atom. The Labute approximate surface area is 235 Å². The van der Waals surface area contributed by atoms with Crippen LogP contribution >= 0.6 is 0 Å². The fourth-order valence-electron chi connectivity index (χ4n) is 9.96. The number of hydrogen-bond acceptors (Lipinski definition) is 4. The minimum absolute atomic E-state index is 0.000563. The molecule has 6 aliphatic carbocycles. The third-order valence-electron chi connectivity index (χ3n) is 11.6. The second kappa shape index (κ2) is 9.25. The molecule has 5 fully saturated rings. The summed E-state index contributed by atoms with van der Waals surface area (Å²) in [6.45, 7) is 0. The molecule has 1 aromatic carbocycles. The van der Waals surface area contributed by atoms with Crippen molar-refractivity contribution < 1.29 is 19.2 Å². The molecule has 0 aromatic heterocycles. The third kappa shape index (κ3) is 3.34. The number of fused-ring (bicyclic) bond motifs is 1. The van der Waals surface area contributed by atoms with Crippen molar-refractivity contribution in [2.24, 2.45) is 41.4 Å². The molecule has 0 unspecified atom stereocenters. The number of allylic oxidation sites excluding steroid dienone is 4. The van der Waals surface area contributed by atoms with Crippen LogP contribution in [0.25, 0.3) is 5.57 Å².